The Morgan fingerprint density at radius 1 is 1.31 bits per heavy atom. The summed E-state index contributed by atoms with van der Waals surface area (Å²) in [7, 11) is 0. The van der Waals surface area contributed by atoms with Gasteiger partial charge in [0, 0.05) is 23.1 Å². The molecule has 2 aromatic rings. The lowest BCUT2D eigenvalue weighted by Crippen LogP contribution is -2.03. The first-order valence-electron chi connectivity index (χ1n) is 4.52. The van der Waals surface area contributed by atoms with Gasteiger partial charge >= 0.3 is 0 Å². The van der Waals surface area contributed by atoms with Gasteiger partial charge in [0.1, 0.15) is 0 Å². The molecule has 0 spiro atoms. The molecule has 0 aliphatic carbocycles. The second kappa shape index (κ2) is 4.49. The van der Waals surface area contributed by atoms with Crippen molar-refractivity contribution in [2.45, 2.75) is 6.42 Å². The highest BCUT2D eigenvalue weighted by atomic mass is 32.1. The molecule has 0 saturated carbocycles. The summed E-state index contributed by atoms with van der Waals surface area (Å²) in [5.41, 5.74) is 1.79. The summed E-state index contributed by atoms with van der Waals surface area (Å²) < 4.78 is 25.5. The van der Waals surface area contributed by atoms with Gasteiger partial charge in [0.25, 0.3) is 0 Å². The Labute approximate surface area is 94.6 Å². The molecule has 0 fully saturated rings. The van der Waals surface area contributed by atoms with Gasteiger partial charge in [-0.15, -0.1) is 11.3 Å². The number of hydrogen-bond acceptors (Lipinski definition) is 3. The van der Waals surface area contributed by atoms with Crippen LogP contribution in [0.15, 0.2) is 29.9 Å². The highest BCUT2D eigenvalue weighted by Gasteiger charge is 2.11. The number of carbonyl (C=O) groups is 1. The van der Waals surface area contributed by atoms with Gasteiger partial charge in [-0.25, -0.2) is 8.78 Å². The zero-order valence-electron chi connectivity index (χ0n) is 8.11. The Kier molecular flexibility index (Phi) is 3.05. The van der Waals surface area contributed by atoms with Crippen molar-refractivity contribution < 1.29 is 13.6 Å². The summed E-state index contributed by atoms with van der Waals surface area (Å²) >= 11 is 1.35. The van der Waals surface area contributed by atoms with Gasteiger partial charge in [0.15, 0.2) is 17.4 Å². The zero-order chi connectivity index (χ0) is 11.5. The van der Waals surface area contributed by atoms with Crippen molar-refractivity contribution >= 4 is 17.1 Å². The molecule has 0 amide bonds. The Morgan fingerprint density at radius 3 is 2.75 bits per heavy atom. The Morgan fingerprint density at radius 2 is 2.12 bits per heavy atom. The molecule has 0 radical (unpaired) electrons. The number of nitrogens with zero attached hydrogens (tertiary/aromatic N) is 1. The van der Waals surface area contributed by atoms with Gasteiger partial charge in [0.05, 0.1) is 5.51 Å². The minimum absolute atomic E-state index is 0.162. The first-order valence-corrected chi connectivity index (χ1v) is 5.40. The Balaban J connectivity index is 2.18. The molecule has 0 saturated heterocycles. The molecule has 0 bridgehead atoms. The monoisotopic (exact) mass is 239 g/mol. The topological polar surface area (TPSA) is 30.0 Å². The standard InChI is InChI=1S/C11H7F2NOS/c12-9-2-1-7(3-10(9)13)11(15)4-8-5-14-6-16-8/h1-3,5-6H,4H2. The van der Waals surface area contributed by atoms with E-state index in [0.717, 1.165) is 17.0 Å². The molecule has 1 aromatic carbocycles. The Bertz CT molecular complexity index is 511. The lowest BCUT2D eigenvalue weighted by molar-refractivity contribution is 0.0993. The molecule has 1 aromatic heterocycles. The van der Waals surface area contributed by atoms with Gasteiger partial charge in [-0.3, -0.25) is 9.78 Å². The van der Waals surface area contributed by atoms with Crippen LogP contribution in [0.3, 0.4) is 0 Å². The van der Waals surface area contributed by atoms with E-state index in [-0.39, 0.29) is 17.8 Å². The quantitative estimate of drug-likeness (QED) is 0.771. The molecule has 2 nitrogen and oxygen atoms in total. The first-order chi connectivity index (χ1) is 7.66. The smallest absolute Gasteiger partial charge is 0.168 e. The van der Waals surface area contributed by atoms with Crippen molar-refractivity contribution in [3.8, 4) is 0 Å². The number of carbonyl (C=O) groups excluding carboxylic acids is 1. The van der Waals surface area contributed by atoms with Crippen molar-refractivity contribution in [3.63, 3.8) is 0 Å². The van der Waals surface area contributed by atoms with Crippen molar-refractivity contribution in [2.24, 2.45) is 0 Å². The van der Waals surface area contributed by atoms with Gasteiger partial charge in [-0.1, -0.05) is 0 Å². The number of halogens is 2. The Hall–Kier alpha value is -1.62. The summed E-state index contributed by atoms with van der Waals surface area (Å²) in [5.74, 6) is -2.20. The summed E-state index contributed by atoms with van der Waals surface area (Å²) in [4.78, 5) is 16.3. The van der Waals surface area contributed by atoms with E-state index in [0.29, 0.717) is 0 Å². The average molecular weight is 239 g/mol. The van der Waals surface area contributed by atoms with Crippen LogP contribution in [0.1, 0.15) is 15.2 Å². The SMILES string of the molecule is O=C(Cc1cncs1)c1ccc(F)c(F)c1. The maximum absolute atomic E-state index is 12.9. The van der Waals surface area contributed by atoms with Crippen LogP contribution in [0.5, 0.6) is 0 Å². The number of aromatic nitrogens is 1. The predicted octanol–water partition coefficient (Wildman–Crippen LogP) is 2.85. The van der Waals surface area contributed by atoms with Gasteiger partial charge in [0.2, 0.25) is 0 Å². The van der Waals surface area contributed by atoms with Crippen LogP contribution in [0.25, 0.3) is 0 Å². The van der Waals surface area contributed by atoms with Crippen LogP contribution in [-0.2, 0) is 6.42 Å². The number of ketones is 1. The fraction of sp³-hybridized carbons (Fsp3) is 0.0909. The summed E-state index contributed by atoms with van der Waals surface area (Å²) in [5, 5.41) is 0. The van der Waals surface area contributed by atoms with Crippen molar-refractivity contribution in [3.05, 3.63) is 52.0 Å². The van der Waals surface area contributed by atoms with Gasteiger partial charge in [-0.05, 0) is 18.2 Å². The number of hydrogen-bond donors (Lipinski definition) is 0. The van der Waals surface area contributed by atoms with Crippen molar-refractivity contribution in [1.82, 2.24) is 4.98 Å². The predicted molar refractivity (Wildman–Crippen MR) is 56.5 cm³/mol. The summed E-state index contributed by atoms with van der Waals surface area (Å²) in [6.45, 7) is 0. The van der Waals surface area contributed by atoms with E-state index >= 15 is 0 Å². The van der Waals surface area contributed by atoms with Crippen LogP contribution < -0.4 is 0 Å². The molecule has 0 aliphatic heterocycles. The summed E-state index contributed by atoms with van der Waals surface area (Å²) in [6.07, 6.45) is 1.75. The lowest BCUT2D eigenvalue weighted by Gasteiger charge is -1.99. The molecule has 0 N–H and O–H groups in total. The third kappa shape index (κ3) is 2.30. The average Bonchev–Trinajstić information content (AvgIpc) is 2.74. The number of thiazole rings is 1. The van der Waals surface area contributed by atoms with Crippen LogP contribution in [-0.4, -0.2) is 10.8 Å². The number of rotatable bonds is 3. The highest BCUT2D eigenvalue weighted by molar-refractivity contribution is 7.09. The molecule has 1 heterocycles. The summed E-state index contributed by atoms with van der Waals surface area (Å²) in [6, 6.07) is 3.15. The molecule has 0 atom stereocenters. The molecule has 0 unspecified atom stereocenters. The minimum Gasteiger partial charge on any atom is -0.294 e. The van der Waals surface area contributed by atoms with Crippen molar-refractivity contribution in [2.75, 3.05) is 0 Å². The van der Waals surface area contributed by atoms with E-state index in [4.69, 9.17) is 0 Å². The second-order valence-corrected chi connectivity index (χ2v) is 4.17. The normalized spacial score (nSPS) is 10.4. The fourth-order valence-electron chi connectivity index (χ4n) is 1.26. The number of Topliss-reactive ketones (excluding diaryl/α,β-unsaturated/α-hetero) is 1. The maximum Gasteiger partial charge on any atom is 0.168 e. The van der Waals surface area contributed by atoms with Crippen LogP contribution in [0, 0.1) is 11.6 Å². The first kappa shape index (κ1) is 10.9. The van der Waals surface area contributed by atoms with E-state index in [1.54, 1.807) is 11.7 Å². The zero-order valence-corrected chi connectivity index (χ0v) is 8.93. The van der Waals surface area contributed by atoms with Crippen molar-refractivity contribution in [1.29, 1.82) is 0 Å². The third-order valence-electron chi connectivity index (χ3n) is 2.06. The minimum atomic E-state index is -1.00. The molecule has 0 aliphatic rings. The van der Waals surface area contributed by atoms with E-state index in [1.165, 1.54) is 17.4 Å². The van der Waals surface area contributed by atoms with Crippen LogP contribution in [0.2, 0.25) is 0 Å². The van der Waals surface area contributed by atoms with E-state index in [2.05, 4.69) is 4.98 Å². The van der Waals surface area contributed by atoms with Crippen LogP contribution >= 0.6 is 11.3 Å². The molecule has 5 heteroatoms. The second-order valence-electron chi connectivity index (χ2n) is 3.20. The largest absolute Gasteiger partial charge is 0.294 e. The third-order valence-corrected chi connectivity index (χ3v) is 2.84. The molecular weight excluding hydrogens is 232 g/mol. The molecule has 16 heavy (non-hydrogen) atoms. The molecule has 2 rings (SSSR count). The maximum atomic E-state index is 12.9. The van der Waals surface area contributed by atoms with E-state index < -0.39 is 11.6 Å². The highest BCUT2D eigenvalue weighted by Crippen LogP contribution is 2.13. The molecule has 82 valence electrons. The van der Waals surface area contributed by atoms with E-state index in [9.17, 15) is 13.6 Å². The molecular formula is C11H7F2NOS. The lowest BCUT2D eigenvalue weighted by atomic mass is 10.1. The van der Waals surface area contributed by atoms with Gasteiger partial charge in [-0.2, -0.15) is 0 Å². The van der Waals surface area contributed by atoms with Gasteiger partial charge < -0.3 is 0 Å². The fourth-order valence-corrected chi connectivity index (χ4v) is 1.85. The van der Waals surface area contributed by atoms with E-state index in [1.807, 2.05) is 0 Å². The van der Waals surface area contributed by atoms with Crippen LogP contribution in [0.4, 0.5) is 8.78 Å². The number of benzene rings is 1.